The van der Waals surface area contributed by atoms with Gasteiger partial charge in [0.15, 0.2) is 0 Å². The molecule has 0 spiro atoms. The second kappa shape index (κ2) is 5.69. The van der Waals surface area contributed by atoms with Gasteiger partial charge in [-0.2, -0.15) is 13.2 Å². The van der Waals surface area contributed by atoms with Crippen LogP contribution in [0.25, 0.3) is 0 Å². The predicted octanol–water partition coefficient (Wildman–Crippen LogP) is 4.13. The smallest absolute Gasteiger partial charge is 0.279 e. The van der Waals surface area contributed by atoms with Crippen LogP contribution < -0.4 is 4.72 Å². The minimum Gasteiger partial charge on any atom is -0.279 e. The molecule has 0 aliphatic rings. The maximum atomic E-state index is 12.4. The second-order valence-electron chi connectivity index (χ2n) is 4.25. The van der Waals surface area contributed by atoms with Crippen molar-refractivity contribution < 1.29 is 21.6 Å². The molecule has 0 bridgehead atoms. The SMILES string of the molecule is CCc1ccc(S(=O)(=O)Nc2ccc(C(F)(F)F)cc2)s1. The summed E-state index contributed by atoms with van der Waals surface area (Å²) in [6.45, 7) is 1.91. The van der Waals surface area contributed by atoms with E-state index < -0.39 is 21.8 Å². The number of alkyl halides is 3. The van der Waals surface area contributed by atoms with E-state index in [9.17, 15) is 21.6 Å². The van der Waals surface area contributed by atoms with E-state index in [4.69, 9.17) is 0 Å². The first-order valence-corrected chi connectivity index (χ1v) is 8.31. The summed E-state index contributed by atoms with van der Waals surface area (Å²) in [6.07, 6.45) is -3.72. The van der Waals surface area contributed by atoms with Crippen LogP contribution in [0.2, 0.25) is 0 Å². The number of halogens is 3. The van der Waals surface area contributed by atoms with E-state index in [2.05, 4.69) is 4.72 Å². The minimum atomic E-state index is -4.44. The van der Waals surface area contributed by atoms with Crippen LogP contribution in [-0.2, 0) is 22.6 Å². The third-order valence-electron chi connectivity index (χ3n) is 2.71. The molecular formula is C13H12F3NO2S2. The van der Waals surface area contributed by atoms with E-state index in [0.29, 0.717) is 0 Å². The average Bonchev–Trinajstić information content (AvgIpc) is 2.87. The van der Waals surface area contributed by atoms with Crippen molar-refractivity contribution in [3.05, 3.63) is 46.8 Å². The van der Waals surface area contributed by atoms with Crippen LogP contribution >= 0.6 is 11.3 Å². The summed E-state index contributed by atoms with van der Waals surface area (Å²) in [5.74, 6) is 0. The largest absolute Gasteiger partial charge is 0.416 e. The summed E-state index contributed by atoms with van der Waals surface area (Å²) in [5.41, 5.74) is -0.732. The van der Waals surface area contributed by atoms with Crippen LogP contribution in [0.3, 0.4) is 0 Å². The highest BCUT2D eigenvalue weighted by Gasteiger charge is 2.30. The lowest BCUT2D eigenvalue weighted by molar-refractivity contribution is -0.137. The minimum absolute atomic E-state index is 0.0921. The number of rotatable bonds is 4. The molecule has 0 saturated heterocycles. The second-order valence-corrected chi connectivity index (χ2v) is 7.33. The van der Waals surface area contributed by atoms with Gasteiger partial charge in [0.2, 0.25) is 0 Å². The first kappa shape index (κ1) is 15.8. The summed E-state index contributed by atoms with van der Waals surface area (Å²) >= 11 is 1.14. The lowest BCUT2D eigenvalue weighted by Crippen LogP contribution is -2.12. The Morgan fingerprint density at radius 3 is 2.19 bits per heavy atom. The molecule has 0 amide bonds. The number of benzene rings is 1. The van der Waals surface area contributed by atoms with Gasteiger partial charge in [-0.3, -0.25) is 4.72 Å². The first-order valence-electron chi connectivity index (χ1n) is 6.01. The lowest BCUT2D eigenvalue weighted by Gasteiger charge is -2.09. The highest BCUT2D eigenvalue weighted by atomic mass is 32.2. The Balaban J connectivity index is 2.21. The van der Waals surface area contributed by atoms with Crippen molar-refractivity contribution in [1.82, 2.24) is 0 Å². The molecule has 0 radical (unpaired) electrons. The molecule has 0 saturated carbocycles. The molecule has 3 nitrogen and oxygen atoms in total. The number of anilines is 1. The van der Waals surface area contributed by atoms with Gasteiger partial charge in [-0.25, -0.2) is 8.42 Å². The third-order valence-corrected chi connectivity index (χ3v) is 5.82. The van der Waals surface area contributed by atoms with Gasteiger partial charge in [-0.05, 0) is 42.8 Å². The summed E-state index contributed by atoms with van der Waals surface area (Å²) in [6, 6.07) is 7.05. The predicted molar refractivity (Wildman–Crippen MR) is 75.9 cm³/mol. The molecule has 0 atom stereocenters. The Morgan fingerprint density at radius 1 is 1.10 bits per heavy atom. The molecule has 114 valence electrons. The highest BCUT2D eigenvalue weighted by molar-refractivity contribution is 7.94. The van der Waals surface area contributed by atoms with E-state index in [0.717, 1.165) is 46.9 Å². The van der Waals surface area contributed by atoms with Crippen molar-refractivity contribution in [2.24, 2.45) is 0 Å². The van der Waals surface area contributed by atoms with E-state index in [1.165, 1.54) is 6.07 Å². The molecule has 1 aromatic carbocycles. The zero-order chi connectivity index (χ0) is 15.7. The molecule has 2 aromatic rings. The summed E-state index contributed by atoms with van der Waals surface area (Å²) < 4.78 is 63.9. The Labute approximate surface area is 124 Å². The fourth-order valence-corrected chi connectivity index (χ4v) is 3.98. The van der Waals surface area contributed by atoms with Crippen LogP contribution in [0.5, 0.6) is 0 Å². The fraction of sp³-hybridized carbons (Fsp3) is 0.231. The number of sulfonamides is 1. The number of thiophene rings is 1. The van der Waals surface area contributed by atoms with E-state index >= 15 is 0 Å². The van der Waals surface area contributed by atoms with Gasteiger partial charge in [-0.1, -0.05) is 6.92 Å². The molecule has 21 heavy (non-hydrogen) atoms. The van der Waals surface area contributed by atoms with Crippen molar-refractivity contribution in [3.8, 4) is 0 Å². The molecule has 1 aromatic heterocycles. The number of nitrogens with one attached hydrogen (secondary N) is 1. The molecule has 0 fully saturated rings. The van der Waals surface area contributed by atoms with Crippen LogP contribution in [0.4, 0.5) is 18.9 Å². The number of aryl methyl sites for hydroxylation is 1. The Bertz CT molecular complexity index is 719. The number of hydrogen-bond donors (Lipinski definition) is 1. The van der Waals surface area contributed by atoms with Gasteiger partial charge in [-0.15, -0.1) is 11.3 Å². The van der Waals surface area contributed by atoms with Gasteiger partial charge in [0.25, 0.3) is 10.0 Å². The van der Waals surface area contributed by atoms with Crippen molar-refractivity contribution in [2.45, 2.75) is 23.7 Å². The van der Waals surface area contributed by atoms with Gasteiger partial charge >= 0.3 is 6.18 Å². The standard InChI is InChI=1S/C13H12F3NO2S2/c1-2-11-7-8-12(20-11)21(18,19)17-10-5-3-9(4-6-10)13(14,15)16/h3-8,17H,2H2,1H3. The van der Waals surface area contributed by atoms with Gasteiger partial charge in [0.05, 0.1) is 5.56 Å². The van der Waals surface area contributed by atoms with Gasteiger partial charge in [0.1, 0.15) is 4.21 Å². The molecule has 0 aliphatic carbocycles. The molecule has 1 N–H and O–H groups in total. The Hall–Kier alpha value is -1.54. The van der Waals surface area contributed by atoms with Crippen molar-refractivity contribution in [3.63, 3.8) is 0 Å². The Kier molecular flexibility index (Phi) is 4.29. The van der Waals surface area contributed by atoms with Gasteiger partial charge in [0, 0.05) is 10.6 Å². The van der Waals surface area contributed by atoms with Crippen LogP contribution in [0.1, 0.15) is 17.4 Å². The molecule has 1 heterocycles. The van der Waals surface area contributed by atoms with Crippen molar-refractivity contribution >= 4 is 27.0 Å². The maximum Gasteiger partial charge on any atom is 0.416 e. The quantitative estimate of drug-likeness (QED) is 0.913. The van der Waals surface area contributed by atoms with Gasteiger partial charge < -0.3 is 0 Å². The maximum absolute atomic E-state index is 12.4. The zero-order valence-electron chi connectivity index (χ0n) is 10.9. The van der Waals surface area contributed by atoms with E-state index in [1.807, 2.05) is 6.92 Å². The summed E-state index contributed by atoms with van der Waals surface area (Å²) in [7, 11) is -3.76. The van der Waals surface area contributed by atoms with E-state index in [-0.39, 0.29) is 9.90 Å². The molecule has 0 aliphatic heterocycles. The first-order chi connectivity index (χ1) is 9.72. The molecular weight excluding hydrogens is 323 g/mol. The fourth-order valence-electron chi connectivity index (χ4n) is 1.63. The molecule has 0 unspecified atom stereocenters. The zero-order valence-corrected chi connectivity index (χ0v) is 12.6. The monoisotopic (exact) mass is 335 g/mol. The van der Waals surface area contributed by atoms with Crippen LogP contribution in [-0.4, -0.2) is 8.42 Å². The topological polar surface area (TPSA) is 46.2 Å². The molecule has 2 rings (SSSR count). The lowest BCUT2D eigenvalue weighted by atomic mass is 10.2. The van der Waals surface area contributed by atoms with Crippen molar-refractivity contribution in [2.75, 3.05) is 4.72 Å². The van der Waals surface area contributed by atoms with Crippen LogP contribution in [0.15, 0.2) is 40.6 Å². The number of hydrogen-bond acceptors (Lipinski definition) is 3. The molecule has 8 heteroatoms. The third kappa shape index (κ3) is 3.76. The highest BCUT2D eigenvalue weighted by Crippen LogP contribution is 2.30. The average molecular weight is 335 g/mol. The Morgan fingerprint density at radius 2 is 1.71 bits per heavy atom. The summed E-state index contributed by atoms with van der Waals surface area (Å²) in [5, 5.41) is 0. The van der Waals surface area contributed by atoms with Crippen LogP contribution in [0, 0.1) is 0 Å². The van der Waals surface area contributed by atoms with E-state index in [1.54, 1.807) is 6.07 Å². The van der Waals surface area contributed by atoms with Crippen molar-refractivity contribution in [1.29, 1.82) is 0 Å². The summed E-state index contributed by atoms with van der Waals surface area (Å²) in [4.78, 5) is 0.919. The normalized spacial score (nSPS) is 12.4.